The molecular formula is C16H23FN2O. The molecule has 1 aromatic rings. The molecule has 0 aromatic heterocycles. The zero-order valence-electron chi connectivity index (χ0n) is 11.8. The summed E-state index contributed by atoms with van der Waals surface area (Å²) in [6, 6.07) is 7.36. The summed E-state index contributed by atoms with van der Waals surface area (Å²) >= 11 is 0. The van der Waals surface area contributed by atoms with E-state index >= 15 is 0 Å². The van der Waals surface area contributed by atoms with Crippen molar-refractivity contribution < 1.29 is 9.50 Å². The largest absolute Gasteiger partial charge is 0.392 e. The first-order chi connectivity index (χ1) is 9.74. The summed E-state index contributed by atoms with van der Waals surface area (Å²) in [4.78, 5) is 2.43. The average molecular weight is 278 g/mol. The molecule has 0 spiro atoms. The molecule has 0 radical (unpaired) electrons. The van der Waals surface area contributed by atoms with Crippen molar-refractivity contribution in [2.45, 2.75) is 37.3 Å². The van der Waals surface area contributed by atoms with Crippen molar-refractivity contribution in [1.29, 1.82) is 0 Å². The molecule has 4 heteroatoms. The minimum atomic E-state index is -0.187. The number of β-amino-alcohol motifs (C(OH)–C–C–N with tert-alkyl or cyclic N) is 1. The Morgan fingerprint density at radius 2 is 2.00 bits per heavy atom. The van der Waals surface area contributed by atoms with Gasteiger partial charge in [0.05, 0.1) is 6.10 Å². The molecule has 3 rings (SSSR count). The molecular weight excluding hydrogens is 255 g/mol. The highest BCUT2D eigenvalue weighted by Gasteiger charge is 2.33. The lowest BCUT2D eigenvalue weighted by Gasteiger charge is -2.43. The summed E-state index contributed by atoms with van der Waals surface area (Å²) in [5.74, 6) is 0.206. The van der Waals surface area contributed by atoms with Crippen LogP contribution in [0.15, 0.2) is 24.3 Å². The molecule has 110 valence electrons. The molecule has 2 fully saturated rings. The van der Waals surface area contributed by atoms with E-state index in [1.165, 1.54) is 5.56 Å². The van der Waals surface area contributed by atoms with E-state index in [-0.39, 0.29) is 11.9 Å². The molecule has 3 unspecified atom stereocenters. The lowest BCUT2D eigenvalue weighted by atomic mass is 9.85. The number of piperidine rings is 2. The van der Waals surface area contributed by atoms with Crippen LogP contribution in [0.25, 0.3) is 0 Å². The monoisotopic (exact) mass is 278 g/mol. The molecule has 2 aliphatic rings. The number of aliphatic hydroxyl groups excluding tert-OH is 1. The van der Waals surface area contributed by atoms with Gasteiger partial charge in [-0.15, -0.1) is 0 Å². The molecule has 0 saturated carbocycles. The zero-order chi connectivity index (χ0) is 13.9. The van der Waals surface area contributed by atoms with Crippen LogP contribution in [-0.4, -0.2) is 48.3 Å². The van der Waals surface area contributed by atoms with Crippen LogP contribution in [0.3, 0.4) is 0 Å². The van der Waals surface area contributed by atoms with Gasteiger partial charge in [-0.2, -0.15) is 0 Å². The van der Waals surface area contributed by atoms with Gasteiger partial charge in [0, 0.05) is 25.0 Å². The van der Waals surface area contributed by atoms with Crippen molar-refractivity contribution in [3.05, 3.63) is 35.6 Å². The second-order valence-corrected chi connectivity index (χ2v) is 6.01. The van der Waals surface area contributed by atoms with E-state index in [9.17, 15) is 9.50 Å². The number of nitrogens with one attached hydrogen (secondary N) is 1. The van der Waals surface area contributed by atoms with Crippen molar-refractivity contribution in [3.8, 4) is 0 Å². The molecule has 2 saturated heterocycles. The van der Waals surface area contributed by atoms with Gasteiger partial charge in [-0.1, -0.05) is 12.1 Å². The number of hydrogen-bond donors (Lipinski definition) is 2. The Bertz CT molecular complexity index is 437. The van der Waals surface area contributed by atoms with Gasteiger partial charge in [-0.3, -0.25) is 4.90 Å². The van der Waals surface area contributed by atoms with Crippen LogP contribution in [0, 0.1) is 5.82 Å². The molecule has 2 aliphatic heterocycles. The quantitative estimate of drug-likeness (QED) is 0.865. The van der Waals surface area contributed by atoms with E-state index < -0.39 is 0 Å². The van der Waals surface area contributed by atoms with Crippen LogP contribution >= 0.6 is 0 Å². The van der Waals surface area contributed by atoms with E-state index in [1.807, 2.05) is 12.1 Å². The molecule has 2 N–H and O–H groups in total. The van der Waals surface area contributed by atoms with Gasteiger partial charge in [-0.25, -0.2) is 4.39 Å². The third-order valence-corrected chi connectivity index (χ3v) is 4.64. The predicted molar refractivity (Wildman–Crippen MR) is 77.2 cm³/mol. The van der Waals surface area contributed by atoms with Gasteiger partial charge >= 0.3 is 0 Å². The number of halogens is 1. The Morgan fingerprint density at radius 3 is 2.75 bits per heavy atom. The third kappa shape index (κ3) is 3.03. The molecule has 0 bridgehead atoms. The highest BCUT2D eigenvalue weighted by atomic mass is 19.1. The summed E-state index contributed by atoms with van der Waals surface area (Å²) in [5.41, 5.74) is 1.20. The number of benzene rings is 1. The van der Waals surface area contributed by atoms with Gasteiger partial charge in [0.15, 0.2) is 0 Å². The molecule has 3 atom stereocenters. The van der Waals surface area contributed by atoms with Crippen LogP contribution in [0.1, 0.15) is 30.7 Å². The van der Waals surface area contributed by atoms with E-state index in [4.69, 9.17) is 0 Å². The van der Waals surface area contributed by atoms with Crippen molar-refractivity contribution in [1.82, 2.24) is 10.2 Å². The molecule has 0 amide bonds. The maximum atomic E-state index is 13.1. The predicted octanol–water partition coefficient (Wildman–Crippen LogP) is 1.73. The first kappa shape index (κ1) is 14.0. The number of nitrogens with zero attached hydrogens (tertiary/aromatic N) is 1. The lowest BCUT2D eigenvalue weighted by Crippen LogP contribution is -2.52. The van der Waals surface area contributed by atoms with E-state index in [1.54, 1.807) is 12.1 Å². The van der Waals surface area contributed by atoms with Crippen molar-refractivity contribution in [2.24, 2.45) is 0 Å². The summed E-state index contributed by atoms with van der Waals surface area (Å²) in [6.07, 6.45) is 2.89. The van der Waals surface area contributed by atoms with Gasteiger partial charge in [0.2, 0.25) is 0 Å². The minimum Gasteiger partial charge on any atom is -0.392 e. The highest BCUT2D eigenvalue weighted by molar-refractivity contribution is 5.23. The Kier molecular flexibility index (Phi) is 4.34. The van der Waals surface area contributed by atoms with Crippen LogP contribution in [0.2, 0.25) is 0 Å². The van der Waals surface area contributed by atoms with Gasteiger partial charge in [-0.05, 0) is 50.0 Å². The second kappa shape index (κ2) is 6.20. The second-order valence-electron chi connectivity index (χ2n) is 6.01. The molecule has 1 aromatic carbocycles. The van der Waals surface area contributed by atoms with E-state index in [0.29, 0.717) is 12.0 Å². The number of likely N-dealkylation sites (tertiary alicyclic amines) is 1. The van der Waals surface area contributed by atoms with Crippen LogP contribution < -0.4 is 5.32 Å². The molecule has 2 heterocycles. The average Bonchev–Trinajstić information content (AvgIpc) is 2.48. The maximum Gasteiger partial charge on any atom is 0.123 e. The third-order valence-electron chi connectivity index (χ3n) is 4.64. The topological polar surface area (TPSA) is 35.5 Å². The summed E-state index contributed by atoms with van der Waals surface area (Å²) in [5, 5.41) is 13.3. The SMILES string of the molecule is OC1CCCN(C2CCNCC2c2ccc(F)cc2)C1. The van der Waals surface area contributed by atoms with E-state index in [2.05, 4.69) is 10.2 Å². The Balaban J connectivity index is 1.78. The van der Waals surface area contributed by atoms with Crippen LogP contribution in [0.5, 0.6) is 0 Å². The fourth-order valence-electron chi connectivity index (χ4n) is 3.62. The lowest BCUT2D eigenvalue weighted by molar-refractivity contribution is 0.0315. The van der Waals surface area contributed by atoms with Crippen molar-refractivity contribution in [2.75, 3.05) is 26.2 Å². The van der Waals surface area contributed by atoms with Crippen LogP contribution in [-0.2, 0) is 0 Å². The highest BCUT2D eigenvalue weighted by Crippen LogP contribution is 2.30. The normalized spacial score (nSPS) is 32.2. The molecule has 20 heavy (non-hydrogen) atoms. The first-order valence-electron chi connectivity index (χ1n) is 7.62. The molecule has 0 aliphatic carbocycles. The van der Waals surface area contributed by atoms with Gasteiger partial charge in [0.1, 0.15) is 5.82 Å². The number of rotatable bonds is 2. The smallest absolute Gasteiger partial charge is 0.123 e. The standard InChI is InChI=1S/C16H23FN2O/c17-13-5-3-12(4-6-13)15-10-18-8-7-16(15)19-9-1-2-14(20)11-19/h3-6,14-16,18,20H,1-2,7-11H2. The Labute approximate surface area is 119 Å². The van der Waals surface area contributed by atoms with Crippen molar-refractivity contribution >= 4 is 0 Å². The minimum absolute atomic E-state index is 0.178. The maximum absolute atomic E-state index is 13.1. The summed E-state index contributed by atoms with van der Waals surface area (Å²) in [7, 11) is 0. The van der Waals surface area contributed by atoms with Gasteiger partial charge in [0.25, 0.3) is 0 Å². The number of hydrogen-bond acceptors (Lipinski definition) is 3. The first-order valence-corrected chi connectivity index (χ1v) is 7.62. The molecule has 3 nitrogen and oxygen atoms in total. The summed E-state index contributed by atoms with van der Waals surface area (Å²) in [6.45, 7) is 3.81. The van der Waals surface area contributed by atoms with Crippen LogP contribution in [0.4, 0.5) is 4.39 Å². The van der Waals surface area contributed by atoms with Crippen molar-refractivity contribution in [3.63, 3.8) is 0 Å². The summed E-state index contributed by atoms with van der Waals surface area (Å²) < 4.78 is 13.1. The van der Waals surface area contributed by atoms with Gasteiger partial charge < -0.3 is 10.4 Å². The fourth-order valence-corrected chi connectivity index (χ4v) is 3.62. The van der Waals surface area contributed by atoms with E-state index in [0.717, 1.165) is 45.4 Å². The number of aliphatic hydroxyl groups is 1. The Morgan fingerprint density at radius 1 is 1.20 bits per heavy atom. The zero-order valence-corrected chi connectivity index (χ0v) is 11.8. The Hall–Kier alpha value is -0.970. The fraction of sp³-hybridized carbons (Fsp3) is 0.625.